The van der Waals surface area contributed by atoms with Gasteiger partial charge in [0.15, 0.2) is 11.0 Å². The molecule has 0 aliphatic heterocycles. The van der Waals surface area contributed by atoms with Crippen molar-refractivity contribution in [3.8, 4) is 0 Å². The maximum Gasteiger partial charge on any atom is 0.296 e. The number of rotatable bonds is 6. The van der Waals surface area contributed by atoms with E-state index in [1.54, 1.807) is 35.0 Å². The number of para-hydroxylation sites is 1. The van der Waals surface area contributed by atoms with Crippen LogP contribution in [-0.4, -0.2) is 52.5 Å². The van der Waals surface area contributed by atoms with Crippen LogP contribution in [0.15, 0.2) is 30.6 Å². The standard InChI is InChI=1S/C17H20FN5OS/c1-21(2)9-5-10-23(16(24)15-19-8-11-22(15)3)17-20-14-12(18)6-4-7-13(14)25-17/h4,6-8,11H,5,9-10H2,1-3H3. The number of aromatic nitrogens is 3. The van der Waals surface area contributed by atoms with Gasteiger partial charge in [-0.25, -0.2) is 14.4 Å². The van der Waals surface area contributed by atoms with Gasteiger partial charge in [-0.15, -0.1) is 0 Å². The summed E-state index contributed by atoms with van der Waals surface area (Å²) in [5.74, 6) is -0.270. The van der Waals surface area contributed by atoms with Gasteiger partial charge in [-0.2, -0.15) is 0 Å². The van der Waals surface area contributed by atoms with Crippen molar-refractivity contribution in [2.75, 3.05) is 32.1 Å². The maximum atomic E-state index is 14.0. The van der Waals surface area contributed by atoms with E-state index in [2.05, 4.69) is 14.9 Å². The van der Waals surface area contributed by atoms with Crippen LogP contribution in [0.2, 0.25) is 0 Å². The van der Waals surface area contributed by atoms with Gasteiger partial charge in [-0.1, -0.05) is 17.4 Å². The molecule has 0 saturated carbocycles. The fourth-order valence-corrected chi connectivity index (χ4v) is 3.54. The Morgan fingerprint density at radius 3 is 2.76 bits per heavy atom. The number of hydrogen-bond acceptors (Lipinski definition) is 5. The van der Waals surface area contributed by atoms with E-state index in [4.69, 9.17) is 0 Å². The summed E-state index contributed by atoms with van der Waals surface area (Å²) < 4.78 is 16.4. The van der Waals surface area contributed by atoms with Gasteiger partial charge in [0.2, 0.25) is 0 Å². The monoisotopic (exact) mass is 361 g/mol. The van der Waals surface area contributed by atoms with Crippen LogP contribution in [0.1, 0.15) is 17.0 Å². The minimum absolute atomic E-state index is 0.231. The number of benzene rings is 1. The Bertz CT molecular complexity index is 888. The van der Waals surface area contributed by atoms with Crippen LogP contribution >= 0.6 is 11.3 Å². The number of carbonyl (C=O) groups is 1. The third-order valence-corrected chi connectivity index (χ3v) is 4.88. The van der Waals surface area contributed by atoms with E-state index in [0.717, 1.165) is 17.7 Å². The highest BCUT2D eigenvalue weighted by Crippen LogP contribution is 2.31. The lowest BCUT2D eigenvalue weighted by Gasteiger charge is -2.20. The first-order valence-electron chi connectivity index (χ1n) is 7.96. The number of carbonyl (C=O) groups excluding carboxylic acids is 1. The summed E-state index contributed by atoms with van der Waals surface area (Å²) in [6.45, 7) is 1.33. The van der Waals surface area contributed by atoms with Crippen LogP contribution in [0, 0.1) is 5.82 Å². The lowest BCUT2D eigenvalue weighted by atomic mass is 10.3. The average Bonchev–Trinajstić information content (AvgIpc) is 3.17. The molecule has 0 radical (unpaired) electrons. The Labute approximate surface area is 149 Å². The number of imidazole rings is 1. The quantitative estimate of drug-likeness (QED) is 0.677. The second-order valence-electron chi connectivity index (χ2n) is 6.06. The lowest BCUT2D eigenvalue weighted by molar-refractivity contribution is 0.0973. The Balaban J connectivity index is 1.95. The SMILES string of the molecule is CN(C)CCCN(C(=O)c1nccn1C)c1nc2c(F)cccc2s1. The van der Waals surface area contributed by atoms with Gasteiger partial charge in [0, 0.05) is 26.0 Å². The van der Waals surface area contributed by atoms with E-state index in [-0.39, 0.29) is 11.7 Å². The maximum absolute atomic E-state index is 14.0. The Morgan fingerprint density at radius 1 is 1.32 bits per heavy atom. The van der Waals surface area contributed by atoms with E-state index in [1.165, 1.54) is 17.4 Å². The second kappa shape index (κ2) is 7.28. The zero-order chi connectivity index (χ0) is 18.0. The molecule has 0 bridgehead atoms. The number of aryl methyl sites for hydroxylation is 1. The van der Waals surface area contributed by atoms with Crippen molar-refractivity contribution in [3.63, 3.8) is 0 Å². The van der Waals surface area contributed by atoms with Gasteiger partial charge in [0.25, 0.3) is 5.91 Å². The third kappa shape index (κ3) is 3.69. The summed E-state index contributed by atoms with van der Waals surface area (Å²) in [5.41, 5.74) is 0.299. The molecule has 3 aromatic rings. The van der Waals surface area contributed by atoms with E-state index in [0.29, 0.717) is 23.0 Å². The summed E-state index contributed by atoms with van der Waals surface area (Å²) in [4.78, 5) is 25.1. The summed E-state index contributed by atoms with van der Waals surface area (Å²) in [5, 5.41) is 0.492. The van der Waals surface area contributed by atoms with Gasteiger partial charge in [-0.05, 0) is 39.2 Å². The zero-order valence-corrected chi connectivity index (χ0v) is 15.3. The van der Waals surface area contributed by atoms with Crippen molar-refractivity contribution in [1.82, 2.24) is 19.4 Å². The molecular weight excluding hydrogens is 341 g/mol. The molecule has 8 heteroatoms. The average molecular weight is 361 g/mol. The molecule has 0 fully saturated rings. The number of fused-ring (bicyclic) bond motifs is 1. The molecule has 2 heterocycles. The highest BCUT2D eigenvalue weighted by Gasteiger charge is 2.24. The number of halogens is 1. The van der Waals surface area contributed by atoms with Crippen molar-refractivity contribution in [2.45, 2.75) is 6.42 Å². The van der Waals surface area contributed by atoms with E-state index >= 15 is 0 Å². The molecule has 0 aliphatic carbocycles. The van der Waals surface area contributed by atoms with Crippen molar-refractivity contribution < 1.29 is 9.18 Å². The fourth-order valence-electron chi connectivity index (χ4n) is 2.54. The van der Waals surface area contributed by atoms with E-state index in [1.807, 2.05) is 20.2 Å². The predicted octanol–water partition coefficient (Wildman–Crippen LogP) is 2.77. The van der Waals surface area contributed by atoms with Gasteiger partial charge >= 0.3 is 0 Å². The van der Waals surface area contributed by atoms with Gasteiger partial charge in [0.05, 0.1) is 4.70 Å². The molecule has 0 unspecified atom stereocenters. The number of nitrogens with zero attached hydrogens (tertiary/aromatic N) is 5. The Hall–Kier alpha value is -2.32. The largest absolute Gasteiger partial charge is 0.330 e. The normalized spacial score (nSPS) is 11.4. The van der Waals surface area contributed by atoms with Crippen molar-refractivity contribution in [1.29, 1.82) is 0 Å². The Kier molecular flexibility index (Phi) is 5.10. The number of anilines is 1. The molecule has 0 atom stereocenters. The van der Waals surface area contributed by atoms with Crippen molar-refractivity contribution in [2.24, 2.45) is 7.05 Å². The first kappa shape index (κ1) is 17.5. The Morgan fingerprint density at radius 2 is 2.12 bits per heavy atom. The van der Waals surface area contributed by atoms with Crippen LogP contribution in [0.25, 0.3) is 10.2 Å². The third-order valence-electron chi connectivity index (χ3n) is 3.83. The predicted molar refractivity (Wildman–Crippen MR) is 97.6 cm³/mol. The minimum Gasteiger partial charge on any atom is -0.330 e. The van der Waals surface area contributed by atoms with Crippen LogP contribution in [0.3, 0.4) is 0 Å². The minimum atomic E-state index is -0.377. The van der Waals surface area contributed by atoms with E-state index in [9.17, 15) is 9.18 Å². The molecule has 6 nitrogen and oxygen atoms in total. The molecule has 1 aromatic carbocycles. The molecule has 0 saturated heterocycles. The lowest BCUT2D eigenvalue weighted by Crippen LogP contribution is -2.35. The smallest absolute Gasteiger partial charge is 0.296 e. The van der Waals surface area contributed by atoms with Crippen LogP contribution in [0.4, 0.5) is 9.52 Å². The van der Waals surface area contributed by atoms with Crippen LogP contribution in [0.5, 0.6) is 0 Å². The fraction of sp³-hybridized carbons (Fsp3) is 0.353. The van der Waals surface area contributed by atoms with Gasteiger partial charge in [-0.3, -0.25) is 9.69 Å². The van der Waals surface area contributed by atoms with Gasteiger partial charge in [0.1, 0.15) is 11.3 Å². The second-order valence-corrected chi connectivity index (χ2v) is 7.07. The van der Waals surface area contributed by atoms with Crippen LogP contribution in [-0.2, 0) is 7.05 Å². The summed E-state index contributed by atoms with van der Waals surface area (Å²) in [7, 11) is 5.74. The number of amides is 1. The summed E-state index contributed by atoms with van der Waals surface area (Å²) in [6.07, 6.45) is 4.09. The number of thiazole rings is 1. The summed E-state index contributed by atoms with van der Waals surface area (Å²) in [6, 6.07) is 4.84. The van der Waals surface area contributed by atoms with E-state index < -0.39 is 0 Å². The first-order chi connectivity index (χ1) is 12.0. The molecule has 0 N–H and O–H groups in total. The van der Waals surface area contributed by atoms with Crippen LogP contribution < -0.4 is 4.90 Å². The molecule has 0 spiro atoms. The first-order valence-corrected chi connectivity index (χ1v) is 8.78. The molecule has 25 heavy (non-hydrogen) atoms. The molecule has 3 rings (SSSR count). The highest BCUT2D eigenvalue weighted by molar-refractivity contribution is 7.22. The zero-order valence-electron chi connectivity index (χ0n) is 14.4. The molecule has 132 valence electrons. The number of hydrogen-bond donors (Lipinski definition) is 0. The summed E-state index contributed by atoms with van der Waals surface area (Å²) >= 11 is 1.31. The highest BCUT2D eigenvalue weighted by atomic mass is 32.1. The van der Waals surface area contributed by atoms with Gasteiger partial charge < -0.3 is 9.47 Å². The molecule has 2 aromatic heterocycles. The van der Waals surface area contributed by atoms with Crippen molar-refractivity contribution >= 4 is 32.6 Å². The molecular formula is C17H20FN5OS. The van der Waals surface area contributed by atoms with Crippen molar-refractivity contribution in [3.05, 3.63) is 42.2 Å². The molecule has 0 aliphatic rings. The topological polar surface area (TPSA) is 54.3 Å². The molecule has 1 amide bonds.